The summed E-state index contributed by atoms with van der Waals surface area (Å²) in [5.41, 5.74) is 5.76. The van der Waals surface area contributed by atoms with Crippen LogP contribution >= 0.6 is 92.4 Å². The van der Waals surface area contributed by atoms with E-state index in [-0.39, 0.29) is 54.3 Å². The first kappa shape index (κ1) is 81.1. The molecular weight excluding hydrogens is 1620 g/mol. The number of benzene rings is 7. The number of fused-ring (bicyclic) bond motifs is 4. The van der Waals surface area contributed by atoms with Crippen molar-refractivity contribution < 1.29 is 46.9 Å². The van der Waals surface area contributed by atoms with Crippen molar-refractivity contribution in [2.75, 3.05) is 49.2 Å². The minimum atomic E-state index is -0.369. The van der Waals surface area contributed by atoms with Crippen molar-refractivity contribution in [2.45, 2.75) is 82.9 Å². The van der Waals surface area contributed by atoms with Crippen molar-refractivity contribution in [3.8, 4) is 23.0 Å². The van der Waals surface area contributed by atoms with Gasteiger partial charge in [0.1, 0.15) is 28.8 Å². The second kappa shape index (κ2) is 38.8. The maximum Gasteiger partial charge on any atom is 0.264 e. The summed E-state index contributed by atoms with van der Waals surface area (Å²) in [5, 5.41) is 50.1. The van der Waals surface area contributed by atoms with Crippen molar-refractivity contribution in [3.05, 3.63) is 253 Å². The molecule has 0 spiro atoms. The van der Waals surface area contributed by atoms with Gasteiger partial charge in [-0.25, -0.2) is 4.39 Å². The normalized spacial score (nSPS) is 11.0. The highest BCUT2D eigenvalue weighted by molar-refractivity contribution is 8.02. The fraction of sp³-hybridized carbons (Fsp3) is 0.136. The first-order chi connectivity index (χ1) is 55.8. The number of rotatable bonds is 23. The number of pyridine rings is 4. The van der Waals surface area contributed by atoms with Gasteiger partial charge in [-0.2, -0.15) is 0 Å². The Kier molecular flexibility index (Phi) is 27.3. The standard InChI is InChI=1S/C21H18N4O3S2.C21H20N4O2S2.C20H16N4O2S2.C19H13FN4O2S2/c1-27-16-8-7-13(11-17(16)28-2)12-19(26)23-20-24-25-21(30-20)29-18-9-10-22-15-6-4-3-5-14(15)18;1-12-14(11-17(27-12)21(2,3)4)18(26)23-19-24-25-20(29-19)28-16-9-10-22-15-8-6-5-7-13(15)16;1-26-14-8-6-13(7-9-14)12-18(25)22-19-23-24-20(28-19)27-17-10-11-21-16-5-3-2-4-15(16)17;20-12-5-7-13(8-6-12)26-11-17(25)22-18-23-24-19(28-18)27-16-9-10-21-15-4-2-1-3-14(15)16/h3-11H,12H2,1-2H3,(H,23,24,26);5-11H,1-4H3,(H,23,24,26);2-11H,12H2,1H3,(H,22,23,25);1-10H,11H2,(H,22,23,25). The molecule has 0 saturated carbocycles. The molecule has 4 amide bonds. The van der Waals surface area contributed by atoms with Crippen molar-refractivity contribution in [1.82, 2.24) is 60.7 Å². The largest absolute Gasteiger partial charge is 0.497 e. The Labute approximate surface area is 690 Å². The maximum atomic E-state index is 12.9. The molecule has 16 aromatic rings. The second-order valence-corrected chi connectivity index (χ2v) is 34.3. The number of carbonyl (C=O) groups excluding carboxylic acids is 4. The number of ether oxygens (including phenoxy) is 4. The molecule has 0 saturated heterocycles. The van der Waals surface area contributed by atoms with E-state index in [9.17, 15) is 23.6 Å². The molecule has 25 nitrogen and oxygen atoms in total. The molecular formula is C81H67FN16O9S8. The summed E-state index contributed by atoms with van der Waals surface area (Å²) in [5.74, 6) is 2.46. The molecule has 0 bridgehead atoms. The topological polar surface area (TPSA) is 321 Å². The Balaban J connectivity index is 0.000000134. The Morgan fingerprint density at radius 1 is 0.417 bits per heavy atom. The summed E-state index contributed by atoms with van der Waals surface area (Å²) in [6, 6.07) is 59.5. The molecule has 9 aromatic heterocycles. The average molecular weight is 1680 g/mol. The van der Waals surface area contributed by atoms with Gasteiger partial charge in [0.2, 0.25) is 32.3 Å². The Bertz CT molecular complexity index is 6060. The van der Waals surface area contributed by atoms with Crippen LogP contribution in [-0.4, -0.2) is 112 Å². The monoisotopic (exact) mass is 1680 g/mol. The predicted molar refractivity (Wildman–Crippen MR) is 451 cm³/mol. The van der Waals surface area contributed by atoms with E-state index >= 15 is 0 Å². The van der Waals surface area contributed by atoms with Gasteiger partial charge >= 0.3 is 0 Å². The molecule has 34 heteroatoms. The number of furan rings is 1. The van der Waals surface area contributed by atoms with Gasteiger partial charge in [-0.1, -0.05) is 204 Å². The number of nitrogens with one attached hydrogen (secondary N) is 4. The molecule has 0 aliphatic carbocycles. The molecule has 7 aromatic carbocycles. The molecule has 0 aliphatic heterocycles. The lowest BCUT2D eigenvalue weighted by molar-refractivity contribution is -0.118. The third-order valence-electron chi connectivity index (χ3n) is 16.2. The van der Waals surface area contributed by atoms with E-state index in [0.29, 0.717) is 53.4 Å². The van der Waals surface area contributed by atoms with Gasteiger partial charge in [0.15, 0.2) is 35.5 Å². The number of aromatic nitrogens is 12. The van der Waals surface area contributed by atoms with Gasteiger partial charge < -0.3 is 34.0 Å². The molecule has 580 valence electrons. The summed E-state index contributed by atoms with van der Waals surface area (Å²) in [6.45, 7) is 7.72. The molecule has 9 heterocycles. The highest BCUT2D eigenvalue weighted by Gasteiger charge is 2.25. The molecule has 0 unspecified atom stereocenters. The van der Waals surface area contributed by atoms with Crippen molar-refractivity contribution >= 4 is 180 Å². The van der Waals surface area contributed by atoms with Crippen LogP contribution in [0.15, 0.2) is 260 Å². The van der Waals surface area contributed by atoms with Crippen molar-refractivity contribution in [3.63, 3.8) is 0 Å². The van der Waals surface area contributed by atoms with E-state index in [4.69, 9.17) is 23.4 Å². The number of aryl methyl sites for hydroxylation is 1. The van der Waals surface area contributed by atoms with Crippen LogP contribution in [0.5, 0.6) is 23.0 Å². The average Bonchev–Trinajstić information content (AvgIpc) is 1.76. The lowest BCUT2D eigenvalue weighted by Gasteiger charge is -2.13. The molecule has 115 heavy (non-hydrogen) atoms. The van der Waals surface area contributed by atoms with Crippen LogP contribution in [0.25, 0.3) is 43.6 Å². The van der Waals surface area contributed by atoms with E-state index in [2.05, 4.69) is 82.0 Å². The Hall–Kier alpha value is -11.9. The zero-order valence-corrected chi connectivity index (χ0v) is 68.6. The van der Waals surface area contributed by atoms with Gasteiger partial charge in [0, 0.05) is 71.3 Å². The zero-order valence-electron chi connectivity index (χ0n) is 62.1. The fourth-order valence-corrected chi connectivity index (χ4v) is 18.1. The first-order valence-electron chi connectivity index (χ1n) is 34.8. The van der Waals surface area contributed by atoms with Crippen LogP contribution < -0.4 is 40.2 Å². The minimum absolute atomic E-state index is 0.132. The van der Waals surface area contributed by atoms with Crippen LogP contribution in [0, 0.1) is 12.7 Å². The van der Waals surface area contributed by atoms with Gasteiger partial charge in [0.25, 0.3) is 11.8 Å². The molecule has 0 aliphatic rings. The van der Waals surface area contributed by atoms with Crippen LogP contribution in [0.3, 0.4) is 0 Å². The van der Waals surface area contributed by atoms with Crippen LogP contribution in [0.1, 0.15) is 53.8 Å². The van der Waals surface area contributed by atoms with Crippen LogP contribution in [0.2, 0.25) is 0 Å². The quantitative estimate of drug-likeness (QED) is 0.0432. The first-order valence-corrected chi connectivity index (χ1v) is 41.3. The summed E-state index contributed by atoms with van der Waals surface area (Å²) in [4.78, 5) is 71.0. The summed E-state index contributed by atoms with van der Waals surface area (Å²) in [6.07, 6.45) is 7.54. The molecule has 0 fully saturated rings. The van der Waals surface area contributed by atoms with Crippen molar-refractivity contribution in [2.24, 2.45) is 0 Å². The third kappa shape index (κ3) is 22.3. The Morgan fingerprint density at radius 2 is 0.791 bits per heavy atom. The second-order valence-electron chi connectivity index (χ2n) is 25.3. The number of carbonyl (C=O) groups is 4. The lowest BCUT2D eigenvalue weighted by atomic mass is 9.93. The lowest BCUT2D eigenvalue weighted by Crippen LogP contribution is -2.20. The number of anilines is 4. The molecule has 16 rings (SSSR count). The molecule has 0 radical (unpaired) electrons. The highest BCUT2D eigenvalue weighted by atomic mass is 32.2. The molecule has 4 N–H and O–H groups in total. The minimum Gasteiger partial charge on any atom is -0.497 e. The van der Waals surface area contributed by atoms with Crippen LogP contribution in [0.4, 0.5) is 24.9 Å². The number of nitrogens with zero attached hydrogens (tertiary/aromatic N) is 12. The van der Waals surface area contributed by atoms with E-state index in [1.54, 1.807) is 71.2 Å². The SMILES string of the molecule is COc1ccc(CC(=O)Nc2nnc(Sc3ccnc4ccccc34)s2)cc1.COc1ccc(CC(=O)Nc2nnc(Sc3ccnc4ccccc34)s2)cc1OC.Cc1oc(C(C)(C)C)cc1C(=O)Nc1nnc(Sc2ccnc3ccccc23)s1.O=C(COc1ccc(F)cc1)Nc1nnc(Sc2ccnc3ccccc23)s1. The maximum absolute atomic E-state index is 12.9. The van der Waals surface area contributed by atoms with Gasteiger partial charge in [-0.15, -0.1) is 40.8 Å². The molecule has 0 atom stereocenters. The highest BCUT2D eigenvalue weighted by Crippen LogP contribution is 2.41. The number of para-hydroxylation sites is 4. The van der Waals surface area contributed by atoms with Gasteiger partial charge in [-0.3, -0.25) is 49.7 Å². The van der Waals surface area contributed by atoms with E-state index in [0.717, 1.165) is 98.8 Å². The number of amides is 4. The summed E-state index contributed by atoms with van der Waals surface area (Å²) >= 11 is 11.3. The number of hydrogen-bond donors (Lipinski definition) is 4. The third-order valence-corrected chi connectivity index (χ3v) is 24.1. The van der Waals surface area contributed by atoms with E-state index in [1.807, 2.05) is 172 Å². The predicted octanol–water partition coefficient (Wildman–Crippen LogP) is 18.9. The fourth-order valence-electron chi connectivity index (χ4n) is 10.7. The van der Waals surface area contributed by atoms with Crippen LogP contribution in [-0.2, 0) is 32.6 Å². The van der Waals surface area contributed by atoms with E-state index in [1.165, 1.54) is 117 Å². The summed E-state index contributed by atoms with van der Waals surface area (Å²) in [7, 11) is 4.75. The van der Waals surface area contributed by atoms with Gasteiger partial charge in [0.05, 0.1) is 61.8 Å². The Morgan fingerprint density at radius 3 is 1.18 bits per heavy atom. The number of halogens is 1. The van der Waals surface area contributed by atoms with Crippen molar-refractivity contribution in [1.29, 1.82) is 0 Å². The number of hydrogen-bond acceptors (Lipinski definition) is 29. The smallest absolute Gasteiger partial charge is 0.264 e. The number of methoxy groups -OCH3 is 3. The van der Waals surface area contributed by atoms with E-state index < -0.39 is 0 Å². The zero-order chi connectivity index (χ0) is 80.2. The van der Waals surface area contributed by atoms with Gasteiger partial charge in [-0.05, 0) is 121 Å². The summed E-state index contributed by atoms with van der Waals surface area (Å²) < 4.78 is 42.5.